The number of methoxy groups -OCH3 is 1. The number of benzene rings is 2. The van der Waals surface area contributed by atoms with E-state index >= 15 is 0 Å². The first-order valence-electron chi connectivity index (χ1n) is 13.2. The first-order chi connectivity index (χ1) is 18.6. The van der Waals surface area contributed by atoms with Crippen LogP contribution in [0.5, 0.6) is 5.75 Å². The fraction of sp³-hybridized carbons (Fsp3) is 0.414. The summed E-state index contributed by atoms with van der Waals surface area (Å²) in [6.45, 7) is 7.02. The minimum atomic E-state index is -0.0600. The maximum Gasteiger partial charge on any atom is 0.251 e. The number of nitrogens with zero attached hydrogens (tertiary/aromatic N) is 4. The third kappa shape index (κ3) is 6.76. The highest BCUT2D eigenvalue weighted by atomic mass is 32.2. The molecule has 8 nitrogen and oxygen atoms in total. The van der Waals surface area contributed by atoms with Crippen LogP contribution in [0.25, 0.3) is 0 Å². The van der Waals surface area contributed by atoms with Gasteiger partial charge in [0.2, 0.25) is 0 Å². The number of aromatic nitrogens is 2. The van der Waals surface area contributed by atoms with Gasteiger partial charge in [0.25, 0.3) is 5.91 Å². The maximum absolute atomic E-state index is 12.6. The van der Waals surface area contributed by atoms with Gasteiger partial charge >= 0.3 is 0 Å². The normalized spacial score (nSPS) is 17.5. The maximum atomic E-state index is 12.6. The number of carbonyl (C=O) groups is 1. The molecule has 2 aliphatic heterocycles. The van der Waals surface area contributed by atoms with Crippen LogP contribution in [0, 0.1) is 6.92 Å². The second-order valence-electron chi connectivity index (χ2n) is 9.66. The highest BCUT2D eigenvalue weighted by Gasteiger charge is 2.20. The summed E-state index contributed by atoms with van der Waals surface area (Å²) in [4.78, 5) is 26.9. The molecular weight excluding hydrogens is 498 g/mol. The quantitative estimate of drug-likeness (QED) is 0.322. The number of rotatable bonds is 9. The van der Waals surface area contributed by atoms with Crippen molar-refractivity contribution in [1.29, 1.82) is 0 Å². The van der Waals surface area contributed by atoms with E-state index in [2.05, 4.69) is 38.3 Å². The van der Waals surface area contributed by atoms with Crippen LogP contribution in [0.4, 0.5) is 11.5 Å². The zero-order valence-corrected chi connectivity index (χ0v) is 22.9. The molecule has 2 aliphatic rings. The minimum Gasteiger partial charge on any atom is -0.497 e. The number of ether oxygens (including phenoxy) is 2. The number of hydrogen-bond acceptors (Lipinski definition) is 8. The van der Waals surface area contributed by atoms with Gasteiger partial charge in [0, 0.05) is 68.1 Å². The van der Waals surface area contributed by atoms with Crippen molar-refractivity contribution in [2.24, 2.45) is 0 Å². The fourth-order valence-electron chi connectivity index (χ4n) is 4.80. The Kier molecular flexibility index (Phi) is 8.65. The Morgan fingerprint density at radius 2 is 1.87 bits per heavy atom. The number of anilines is 2. The van der Waals surface area contributed by atoms with E-state index in [0.29, 0.717) is 17.9 Å². The summed E-state index contributed by atoms with van der Waals surface area (Å²) in [6, 6.07) is 18.1. The van der Waals surface area contributed by atoms with E-state index in [0.717, 1.165) is 73.6 Å². The van der Waals surface area contributed by atoms with Crippen molar-refractivity contribution in [3.8, 4) is 5.75 Å². The van der Waals surface area contributed by atoms with Crippen molar-refractivity contribution >= 4 is 29.2 Å². The minimum absolute atomic E-state index is 0.0600. The molecule has 2 aromatic carbocycles. The van der Waals surface area contributed by atoms with E-state index in [1.54, 1.807) is 18.9 Å². The number of nitrogens with one attached hydrogen (secondary N) is 1. The number of piperazine rings is 1. The van der Waals surface area contributed by atoms with Crippen molar-refractivity contribution in [3.05, 3.63) is 71.4 Å². The van der Waals surface area contributed by atoms with Gasteiger partial charge in [-0.3, -0.25) is 4.79 Å². The molecule has 0 spiro atoms. The third-order valence-corrected chi connectivity index (χ3v) is 7.85. The van der Waals surface area contributed by atoms with Gasteiger partial charge in [0.05, 0.1) is 13.2 Å². The summed E-state index contributed by atoms with van der Waals surface area (Å²) in [7, 11) is 1.69. The number of aryl methyl sites for hydroxylation is 1. The number of thioether (sulfide) groups is 1. The molecule has 0 radical (unpaired) electrons. The Balaban J connectivity index is 1.16. The predicted octanol–water partition coefficient (Wildman–Crippen LogP) is 4.32. The topological polar surface area (TPSA) is 79.8 Å². The molecule has 1 atom stereocenters. The average Bonchev–Trinajstić information content (AvgIpc) is 3.49. The van der Waals surface area contributed by atoms with Gasteiger partial charge in [-0.1, -0.05) is 23.9 Å². The van der Waals surface area contributed by atoms with Crippen LogP contribution in [0.2, 0.25) is 0 Å². The third-order valence-electron chi connectivity index (χ3n) is 6.93. The Bertz CT molecular complexity index is 1230. The van der Waals surface area contributed by atoms with Crippen LogP contribution >= 0.6 is 11.8 Å². The molecule has 1 amide bonds. The Morgan fingerprint density at radius 3 is 2.61 bits per heavy atom. The molecule has 0 saturated carbocycles. The standard InChI is InChI=1S/C29H35N5O3S/c1-21-17-27(34-14-12-33(13-15-34)24-8-10-25(36-2)11-9-24)32-29(31-21)38-20-22-5-3-6-23(18-22)28(35)30-19-26-7-4-16-37-26/h3,5-6,8-11,17-18,26H,4,7,12-16,19-20H2,1-2H3,(H,30,35)/t26-/m1/s1. The second-order valence-corrected chi connectivity index (χ2v) is 10.6. The van der Waals surface area contributed by atoms with Crippen molar-refractivity contribution in [3.63, 3.8) is 0 Å². The number of hydrogen-bond donors (Lipinski definition) is 1. The lowest BCUT2D eigenvalue weighted by atomic mass is 10.1. The van der Waals surface area contributed by atoms with Crippen molar-refractivity contribution in [1.82, 2.24) is 15.3 Å². The van der Waals surface area contributed by atoms with Crippen LogP contribution in [0.15, 0.2) is 59.8 Å². The molecule has 9 heteroatoms. The predicted molar refractivity (Wildman–Crippen MR) is 151 cm³/mol. The summed E-state index contributed by atoms with van der Waals surface area (Å²) in [5, 5.41) is 3.76. The van der Waals surface area contributed by atoms with E-state index < -0.39 is 0 Å². The van der Waals surface area contributed by atoms with Gasteiger partial charge in [0.1, 0.15) is 11.6 Å². The first-order valence-corrected chi connectivity index (χ1v) is 14.2. The van der Waals surface area contributed by atoms with Gasteiger partial charge in [-0.25, -0.2) is 9.97 Å². The molecule has 1 N–H and O–H groups in total. The Hall–Kier alpha value is -3.30. The Labute approximate surface area is 228 Å². The van der Waals surface area contributed by atoms with E-state index in [1.165, 1.54) is 5.69 Å². The SMILES string of the molecule is COc1ccc(N2CCN(c3cc(C)nc(SCc4cccc(C(=O)NC[C@H]5CCCO5)c4)n3)CC2)cc1. The van der Waals surface area contributed by atoms with Crippen molar-refractivity contribution < 1.29 is 14.3 Å². The average molecular weight is 534 g/mol. The summed E-state index contributed by atoms with van der Waals surface area (Å²) >= 11 is 1.60. The van der Waals surface area contributed by atoms with E-state index in [9.17, 15) is 4.79 Å². The molecule has 38 heavy (non-hydrogen) atoms. The van der Waals surface area contributed by atoms with Crippen molar-refractivity contribution in [2.45, 2.75) is 36.8 Å². The molecule has 2 saturated heterocycles. The van der Waals surface area contributed by atoms with Crippen LogP contribution in [0.1, 0.15) is 34.5 Å². The molecule has 0 unspecified atom stereocenters. The molecule has 0 aliphatic carbocycles. The number of amides is 1. The lowest BCUT2D eigenvalue weighted by Gasteiger charge is -2.36. The summed E-state index contributed by atoms with van der Waals surface area (Å²) in [5.41, 5.74) is 3.90. The fourth-order valence-corrected chi connectivity index (χ4v) is 5.64. The molecule has 0 bridgehead atoms. The van der Waals surface area contributed by atoms with E-state index in [1.807, 2.05) is 43.3 Å². The van der Waals surface area contributed by atoms with Crippen LogP contribution in [-0.4, -0.2) is 68.4 Å². The highest BCUT2D eigenvalue weighted by Crippen LogP contribution is 2.26. The van der Waals surface area contributed by atoms with Gasteiger partial charge in [-0.05, 0) is 61.7 Å². The summed E-state index contributed by atoms with van der Waals surface area (Å²) in [6.07, 6.45) is 2.21. The molecular formula is C29H35N5O3S. The number of carbonyl (C=O) groups excluding carboxylic acids is 1. The largest absolute Gasteiger partial charge is 0.497 e. The monoisotopic (exact) mass is 533 g/mol. The summed E-state index contributed by atoms with van der Waals surface area (Å²) in [5.74, 6) is 2.48. The van der Waals surface area contributed by atoms with Crippen LogP contribution < -0.4 is 19.9 Å². The lowest BCUT2D eigenvalue weighted by molar-refractivity contribution is 0.0857. The lowest BCUT2D eigenvalue weighted by Crippen LogP contribution is -2.46. The van der Waals surface area contributed by atoms with Gasteiger partial charge in [-0.2, -0.15) is 0 Å². The summed E-state index contributed by atoms with van der Waals surface area (Å²) < 4.78 is 10.9. The zero-order valence-electron chi connectivity index (χ0n) is 22.1. The van der Waals surface area contributed by atoms with Crippen LogP contribution in [0.3, 0.4) is 0 Å². The van der Waals surface area contributed by atoms with Crippen LogP contribution in [-0.2, 0) is 10.5 Å². The van der Waals surface area contributed by atoms with E-state index in [4.69, 9.17) is 14.5 Å². The first kappa shape index (κ1) is 26.3. The molecule has 3 aromatic rings. The highest BCUT2D eigenvalue weighted by molar-refractivity contribution is 7.98. The second kappa shape index (κ2) is 12.5. The molecule has 5 rings (SSSR count). The van der Waals surface area contributed by atoms with E-state index in [-0.39, 0.29) is 12.0 Å². The molecule has 3 heterocycles. The smallest absolute Gasteiger partial charge is 0.251 e. The molecule has 2 fully saturated rings. The molecule has 200 valence electrons. The Morgan fingerprint density at radius 1 is 1.08 bits per heavy atom. The van der Waals surface area contributed by atoms with Gasteiger partial charge < -0.3 is 24.6 Å². The van der Waals surface area contributed by atoms with Gasteiger partial charge in [0.15, 0.2) is 5.16 Å². The van der Waals surface area contributed by atoms with Gasteiger partial charge in [-0.15, -0.1) is 0 Å². The van der Waals surface area contributed by atoms with Crippen molar-refractivity contribution in [2.75, 3.05) is 56.2 Å². The zero-order chi connectivity index (χ0) is 26.3. The molecule has 1 aromatic heterocycles.